The van der Waals surface area contributed by atoms with Gasteiger partial charge in [-0.25, -0.2) is 23.5 Å². The fourth-order valence-corrected chi connectivity index (χ4v) is 3.60. The molecule has 9 nitrogen and oxygen atoms in total. The van der Waals surface area contributed by atoms with Crippen LogP contribution in [0.3, 0.4) is 0 Å². The minimum absolute atomic E-state index is 0.149. The molecule has 0 bridgehead atoms. The molecule has 2 N–H and O–H groups in total. The van der Waals surface area contributed by atoms with Crippen LogP contribution in [-0.2, 0) is 4.74 Å². The predicted molar refractivity (Wildman–Crippen MR) is 122 cm³/mol. The van der Waals surface area contributed by atoms with Crippen molar-refractivity contribution in [2.45, 2.75) is 6.42 Å². The summed E-state index contributed by atoms with van der Waals surface area (Å²) in [5.74, 6) is -0.673. The van der Waals surface area contributed by atoms with Gasteiger partial charge in [-0.15, -0.1) is 0 Å². The molecule has 0 saturated carbocycles. The number of hydrogen-bond donors (Lipinski definition) is 2. The number of aromatic nitrogens is 2. The smallest absolute Gasteiger partial charge is 0.325 e. The van der Waals surface area contributed by atoms with Crippen LogP contribution in [0.1, 0.15) is 6.42 Å². The molecule has 2 aromatic carbocycles. The molecule has 0 unspecified atom stereocenters. The third-order valence-corrected chi connectivity index (χ3v) is 5.33. The standard InChI is InChI=1S/C23H25F2N5O4/c1-32-19-12-15-18(13-20(19)34-9-3-6-30-7-10-33-11-8-30)26-14-27-22(15)29-23(31)28-21-16(24)4-2-5-17(21)25/h2,4-5,12-14H,3,6-11H2,1H3,(H2,26,27,28,29,31). The molecule has 3 aromatic rings. The molecule has 0 spiro atoms. The molecule has 1 aliphatic heterocycles. The van der Waals surface area contributed by atoms with E-state index in [4.69, 9.17) is 14.2 Å². The first kappa shape index (κ1) is 23.6. The van der Waals surface area contributed by atoms with Crippen molar-refractivity contribution in [1.29, 1.82) is 0 Å². The third-order valence-electron chi connectivity index (χ3n) is 5.33. The van der Waals surface area contributed by atoms with E-state index < -0.39 is 23.4 Å². The lowest BCUT2D eigenvalue weighted by Crippen LogP contribution is -2.37. The van der Waals surface area contributed by atoms with Crippen LogP contribution in [-0.4, -0.2) is 67.5 Å². The highest BCUT2D eigenvalue weighted by Gasteiger charge is 2.16. The van der Waals surface area contributed by atoms with Crippen LogP contribution in [0.4, 0.5) is 25.1 Å². The molecule has 2 heterocycles. The van der Waals surface area contributed by atoms with Crippen LogP contribution in [0.5, 0.6) is 11.5 Å². The SMILES string of the molecule is COc1cc2c(NC(=O)Nc3c(F)cccc3F)ncnc2cc1OCCCN1CCOCC1. The molecule has 180 valence electrons. The van der Waals surface area contributed by atoms with Crippen molar-refractivity contribution in [3.8, 4) is 11.5 Å². The third kappa shape index (κ3) is 5.67. The van der Waals surface area contributed by atoms with E-state index in [0.717, 1.165) is 51.4 Å². The zero-order chi connectivity index (χ0) is 23.9. The van der Waals surface area contributed by atoms with Gasteiger partial charge >= 0.3 is 6.03 Å². The van der Waals surface area contributed by atoms with Crippen LogP contribution in [0.25, 0.3) is 10.9 Å². The van der Waals surface area contributed by atoms with E-state index in [0.29, 0.717) is 29.0 Å². The van der Waals surface area contributed by atoms with Gasteiger partial charge in [0.25, 0.3) is 0 Å². The Kier molecular flexibility index (Phi) is 7.65. The molecular weight excluding hydrogens is 448 g/mol. The summed E-state index contributed by atoms with van der Waals surface area (Å²) in [6.45, 7) is 4.75. The number of carbonyl (C=O) groups is 1. The Bertz CT molecular complexity index is 1140. The number of ether oxygens (including phenoxy) is 3. The van der Waals surface area contributed by atoms with Crippen LogP contribution >= 0.6 is 0 Å². The Morgan fingerprint density at radius 1 is 1.12 bits per heavy atom. The van der Waals surface area contributed by atoms with Crippen molar-refractivity contribution in [1.82, 2.24) is 14.9 Å². The Hall–Kier alpha value is -3.57. The first-order valence-electron chi connectivity index (χ1n) is 10.8. The monoisotopic (exact) mass is 473 g/mol. The quantitative estimate of drug-likeness (QED) is 0.482. The second-order valence-corrected chi connectivity index (χ2v) is 7.57. The van der Waals surface area contributed by atoms with Crippen molar-refractivity contribution in [2.24, 2.45) is 0 Å². The van der Waals surface area contributed by atoms with E-state index in [1.54, 1.807) is 12.1 Å². The van der Waals surface area contributed by atoms with Crippen LogP contribution in [0.2, 0.25) is 0 Å². The summed E-state index contributed by atoms with van der Waals surface area (Å²) in [4.78, 5) is 23.0. The number of nitrogens with one attached hydrogen (secondary N) is 2. The van der Waals surface area contributed by atoms with Crippen molar-refractivity contribution in [3.05, 3.63) is 48.3 Å². The molecule has 1 aliphatic rings. The number of morpholine rings is 1. The number of rotatable bonds is 8. The fraction of sp³-hybridized carbons (Fsp3) is 0.348. The van der Waals surface area contributed by atoms with Crippen LogP contribution in [0, 0.1) is 11.6 Å². The van der Waals surface area contributed by atoms with Gasteiger partial charge in [-0.1, -0.05) is 6.07 Å². The highest BCUT2D eigenvalue weighted by atomic mass is 19.1. The van der Waals surface area contributed by atoms with E-state index in [9.17, 15) is 13.6 Å². The van der Waals surface area contributed by atoms with Crippen molar-refractivity contribution < 1.29 is 27.8 Å². The number of carbonyl (C=O) groups excluding carboxylic acids is 1. The number of nitrogens with zero attached hydrogens (tertiary/aromatic N) is 3. The van der Waals surface area contributed by atoms with E-state index in [2.05, 4.69) is 25.5 Å². The summed E-state index contributed by atoms with van der Waals surface area (Å²) in [6, 6.07) is 5.79. The summed E-state index contributed by atoms with van der Waals surface area (Å²) < 4.78 is 44.4. The van der Waals surface area contributed by atoms with Crippen LogP contribution < -0.4 is 20.1 Å². The largest absolute Gasteiger partial charge is 0.493 e. The first-order chi connectivity index (χ1) is 16.5. The zero-order valence-electron chi connectivity index (χ0n) is 18.6. The minimum atomic E-state index is -0.889. The molecule has 1 fully saturated rings. The molecular formula is C23H25F2N5O4. The van der Waals surface area contributed by atoms with E-state index in [-0.39, 0.29) is 5.82 Å². The lowest BCUT2D eigenvalue weighted by atomic mass is 10.2. The summed E-state index contributed by atoms with van der Waals surface area (Å²) >= 11 is 0. The van der Waals surface area contributed by atoms with Gasteiger partial charge < -0.3 is 19.5 Å². The molecule has 1 saturated heterocycles. The number of fused-ring (bicyclic) bond motifs is 1. The highest BCUT2D eigenvalue weighted by Crippen LogP contribution is 2.34. The fourth-order valence-electron chi connectivity index (χ4n) is 3.60. The van der Waals surface area contributed by atoms with Gasteiger partial charge in [0.05, 0.1) is 32.4 Å². The topological polar surface area (TPSA) is 97.8 Å². The normalized spacial score (nSPS) is 14.1. The number of para-hydroxylation sites is 1. The lowest BCUT2D eigenvalue weighted by molar-refractivity contribution is 0.0357. The van der Waals surface area contributed by atoms with E-state index in [1.165, 1.54) is 19.5 Å². The molecule has 4 rings (SSSR count). The molecule has 2 amide bonds. The van der Waals surface area contributed by atoms with Gasteiger partial charge in [0.1, 0.15) is 29.5 Å². The molecule has 0 aliphatic carbocycles. The number of hydrogen-bond acceptors (Lipinski definition) is 7. The minimum Gasteiger partial charge on any atom is -0.493 e. The molecule has 11 heteroatoms. The maximum Gasteiger partial charge on any atom is 0.325 e. The Morgan fingerprint density at radius 3 is 2.62 bits per heavy atom. The number of halogens is 2. The van der Waals surface area contributed by atoms with Gasteiger partial charge in [-0.05, 0) is 24.6 Å². The van der Waals surface area contributed by atoms with E-state index >= 15 is 0 Å². The number of anilines is 2. The highest BCUT2D eigenvalue weighted by molar-refractivity contribution is 6.04. The Morgan fingerprint density at radius 2 is 1.88 bits per heavy atom. The van der Waals surface area contributed by atoms with Gasteiger partial charge in [-0.3, -0.25) is 10.2 Å². The van der Waals surface area contributed by atoms with Crippen molar-refractivity contribution in [2.75, 3.05) is 57.2 Å². The second-order valence-electron chi connectivity index (χ2n) is 7.57. The Labute approximate surface area is 195 Å². The Balaban J connectivity index is 1.45. The zero-order valence-corrected chi connectivity index (χ0v) is 18.6. The average Bonchev–Trinajstić information content (AvgIpc) is 2.84. The van der Waals surface area contributed by atoms with Crippen LogP contribution in [0.15, 0.2) is 36.7 Å². The first-order valence-corrected chi connectivity index (χ1v) is 10.8. The predicted octanol–water partition coefficient (Wildman–Crippen LogP) is 3.66. The number of benzene rings is 2. The maximum atomic E-state index is 13.8. The van der Waals surface area contributed by atoms with Crippen molar-refractivity contribution in [3.63, 3.8) is 0 Å². The maximum absolute atomic E-state index is 13.8. The van der Waals surface area contributed by atoms with Gasteiger partial charge in [-0.2, -0.15) is 0 Å². The lowest BCUT2D eigenvalue weighted by Gasteiger charge is -2.26. The number of methoxy groups -OCH3 is 1. The summed E-state index contributed by atoms with van der Waals surface area (Å²) in [6.07, 6.45) is 2.11. The average molecular weight is 473 g/mol. The summed E-state index contributed by atoms with van der Waals surface area (Å²) in [7, 11) is 1.51. The molecule has 0 atom stereocenters. The van der Waals surface area contributed by atoms with Gasteiger partial charge in [0.15, 0.2) is 11.5 Å². The number of amides is 2. The molecule has 1 aromatic heterocycles. The molecule has 0 radical (unpaired) electrons. The number of urea groups is 1. The van der Waals surface area contributed by atoms with Crippen molar-refractivity contribution >= 4 is 28.4 Å². The second kappa shape index (κ2) is 11.0. The van der Waals surface area contributed by atoms with Gasteiger partial charge in [0.2, 0.25) is 0 Å². The van der Waals surface area contributed by atoms with E-state index in [1.807, 2.05) is 0 Å². The van der Waals surface area contributed by atoms with Gasteiger partial charge in [0, 0.05) is 31.1 Å². The molecule has 34 heavy (non-hydrogen) atoms. The summed E-state index contributed by atoms with van der Waals surface area (Å²) in [5, 5.41) is 5.14. The summed E-state index contributed by atoms with van der Waals surface area (Å²) in [5.41, 5.74) is -0.0462.